The van der Waals surface area contributed by atoms with Crippen molar-refractivity contribution in [1.82, 2.24) is 9.55 Å². The lowest BCUT2D eigenvalue weighted by molar-refractivity contribution is 0.317. The first-order valence-electron chi connectivity index (χ1n) is 7.35. The van der Waals surface area contributed by atoms with Gasteiger partial charge in [-0.25, -0.2) is 4.98 Å². The van der Waals surface area contributed by atoms with E-state index in [-0.39, 0.29) is 0 Å². The number of aromatic nitrogens is 2. The van der Waals surface area contributed by atoms with Gasteiger partial charge in [0.25, 0.3) is 0 Å². The van der Waals surface area contributed by atoms with E-state index in [9.17, 15) is 0 Å². The molecule has 1 aromatic carbocycles. The standard InChI is InChI=1S/C16H23N3O/c1-3-5-10-17-16-18-11-12-19(16)14-6-8-15(9-7-14)20-13-4-2/h6-9,11-12H,3-5,10,13H2,1-2H3,(H,17,18). The van der Waals surface area contributed by atoms with Gasteiger partial charge in [-0.2, -0.15) is 0 Å². The number of hydrogen-bond donors (Lipinski definition) is 1. The molecule has 4 heteroatoms. The summed E-state index contributed by atoms with van der Waals surface area (Å²) >= 11 is 0. The Morgan fingerprint density at radius 3 is 2.65 bits per heavy atom. The van der Waals surface area contributed by atoms with Crippen LogP contribution >= 0.6 is 0 Å². The highest BCUT2D eigenvalue weighted by molar-refractivity contribution is 5.44. The fourth-order valence-electron chi connectivity index (χ4n) is 1.94. The highest BCUT2D eigenvalue weighted by atomic mass is 16.5. The van der Waals surface area contributed by atoms with Crippen molar-refractivity contribution in [3.63, 3.8) is 0 Å². The van der Waals surface area contributed by atoms with Gasteiger partial charge in [-0.3, -0.25) is 4.57 Å². The van der Waals surface area contributed by atoms with Crippen LogP contribution < -0.4 is 10.1 Å². The second kappa shape index (κ2) is 7.58. The lowest BCUT2D eigenvalue weighted by atomic mass is 10.3. The molecule has 1 aromatic heterocycles. The molecule has 0 atom stereocenters. The molecule has 0 fully saturated rings. The van der Waals surface area contributed by atoms with Gasteiger partial charge in [-0.15, -0.1) is 0 Å². The predicted molar refractivity (Wildman–Crippen MR) is 82.7 cm³/mol. The number of benzene rings is 1. The topological polar surface area (TPSA) is 39.1 Å². The van der Waals surface area contributed by atoms with Crippen molar-refractivity contribution in [2.45, 2.75) is 33.1 Å². The first-order valence-corrected chi connectivity index (χ1v) is 7.35. The Balaban J connectivity index is 2.05. The number of unbranched alkanes of at least 4 members (excludes halogenated alkanes) is 1. The molecule has 0 aliphatic rings. The Hall–Kier alpha value is -1.97. The quantitative estimate of drug-likeness (QED) is 0.742. The third-order valence-electron chi connectivity index (χ3n) is 3.04. The number of ether oxygens (including phenoxy) is 1. The Labute approximate surface area is 120 Å². The van der Waals surface area contributed by atoms with Crippen LogP contribution in [-0.4, -0.2) is 22.7 Å². The molecule has 0 aliphatic carbocycles. The van der Waals surface area contributed by atoms with Crippen molar-refractivity contribution >= 4 is 5.95 Å². The molecule has 2 aromatic rings. The van der Waals surface area contributed by atoms with Crippen molar-refractivity contribution in [2.75, 3.05) is 18.5 Å². The molecule has 1 heterocycles. The van der Waals surface area contributed by atoms with E-state index in [1.54, 1.807) is 0 Å². The Morgan fingerprint density at radius 1 is 1.15 bits per heavy atom. The molecule has 108 valence electrons. The summed E-state index contributed by atoms with van der Waals surface area (Å²) < 4.78 is 7.65. The van der Waals surface area contributed by atoms with Gasteiger partial charge in [0.05, 0.1) is 6.61 Å². The number of nitrogens with zero attached hydrogens (tertiary/aromatic N) is 2. The van der Waals surface area contributed by atoms with Gasteiger partial charge in [-0.05, 0) is 37.1 Å². The van der Waals surface area contributed by atoms with E-state index in [1.165, 1.54) is 6.42 Å². The summed E-state index contributed by atoms with van der Waals surface area (Å²) in [6.45, 7) is 6.00. The summed E-state index contributed by atoms with van der Waals surface area (Å²) in [5.74, 6) is 1.80. The maximum absolute atomic E-state index is 5.60. The first-order chi connectivity index (χ1) is 9.85. The molecule has 20 heavy (non-hydrogen) atoms. The van der Waals surface area contributed by atoms with Crippen LogP contribution in [0.2, 0.25) is 0 Å². The second-order valence-corrected chi connectivity index (χ2v) is 4.74. The molecule has 2 rings (SSSR count). The van der Waals surface area contributed by atoms with Gasteiger partial charge in [0.1, 0.15) is 5.75 Å². The molecule has 0 unspecified atom stereocenters. The zero-order chi connectivity index (χ0) is 14.2. The molecule has 4 nitrogen and oxygen atoms in total. The van der Waals surface area contributed by atoms with Crippen molar-refractivity contribution in [2.24, 2.45) is 0 Å². The van der Waals surface area contributed by atoms with Crippen molar-refractivity contribution < 1.29 is 4.74 Å². The maximum Gasteiger partial charge on any atom is 0.207 e. The molecule has 0 amide bonds. The minimum Gasteiger partial charge on any atom is -0.494 e. The van der Waals surface area contributed by atoms with Gasteiger partial charge in [-0.1, -0.05) is 20.3 Å². The smallest absolute Gasteiger partial charge is 0.207 e. The van der Waals surface area contributed by atoms with E-state index < -0.39 is 0 Å². The summed E-state index contributed by atoms with van der Waals surface area (Å²) in [4.78, 5) is 4.36. The van der Waals surface area contributed by atoms with Gasteiger partial charge in [0, 0.05) is 24.6 Å². The molecule has 0 saturated carbocycles. The summed E-state index contributed by atoms with van der Waals surface area (Å²) in [5, 5.41) is 3.36. The number of nitrogens with one attached hydrogen (secondary N) is 1. The minimum atomic E-state index is 0.758. The van der Waals surface area contributed by atoms with E-state index >= 15 is 0 Å². The van der Waals surface area contributed by atoms with E-state index in [0.717, 1.165) is 43.4 Å². The fourth-order valence-corrected chi connectivity index (χ4v) is 1.94. The van der Waals surface area contributed by atoms with E-state index in [4.69, 9.17) is 4.74 Å². The van der Waals surface area contributed by atoms with Gasteiger partial charge in [0.15, 0.2) is 0 Å². The van der Waals surface area contributed by atoms with Gasteiger partial charge in [0.2, 0.25) is 5.95 Å². The van der Waals surface area contributed by atoms with Crippen LogP contribution in [0.3, 0.4) is 0 Å². The van der Waals surface area contributed by atoms with Crippen molar-refractivity contribution in [3.8, 4) is 11.4 Å². The first kappa shape index (κ1) is 14.4. The third-order valence-corrected chi connectivity index (χ3v) is 3.04. The average molecular weight is 273 g/mol. The summed E-state index contributed by atoms with van der Waals surface area (Å²) in [6.07, 6.45) is 7.13. The van der Waals surface area contributed by atoms with E-state index in [2.05, 4.69) is 40.8 Å². The molecular formula is C16H23N3O. The largest absolute Gasteiger partial charge is 0.494 e. The molecular weight excluding hydrogens is 250 g/mol. The maximum atomic E-state index is 5.60. The predicted octanol–water partition coefficient (Wildman–Crippen LogP) is 3.87. The van der Waals surface area contributed by atoms with Crippen LogP contribution in [0.25, 0.3) is 5.69 Å². The summed E-state index contributed by atoms with van der Waals surface area (Å²) in [6, 6.07) is 8.11. The van der Waals surface area contributed by atoms with Crippen LogP contribution in [0.15, 0.2) is 36.7 Å². The van der Waals surface area contributed by atoms with E-state index in [0.29, 0.717) is 0 Å². The lowest BCUT2D eigenvalue weighted by Crippen LogP contribution is -2.07. The molecule has 0 spiro atoms. The molecule has 0 radical (unpaired) electrons. The Kier molecular flexibility index (Phi) is 5.47. The monoisotopic (exact) mass is 273 g/mol. The van der Waals surface area contributed by atoms with Gasteiger partial charge < -0.3 is 10.1 Å². The number of imidazole rings is 1. The Morgan fingerprint density at radius 2 is 1.95 bits per heavy atom. The van der Waals surface area contributed by atoms with Crippen molar-refractivity contribution in [3.05, 3.63) is 36.7 Å². The highest BCUT2D eigenvalue weighted by Gasteiger charge is 2.04. The van der Waals surface area contributed by atoms with Crippen LogP contribution in [0, 0.1) is 0 Å². The zero-order valence-corrected chi connectivity index (χ0v) is 12.3. The van der Waals surface area contributed by atoms with Crippen LogP contribution in [-0.2, 0) is 0 Å². The lowest BCUT2D eigenvalue weighted by Gasteiger charge is -2.10. The third kappa shape index (κ3) is 3.76. The molecule has 0 saturated heterocycles. The van der Waals surface area contributed by atoms with Crippen LogP contribution in [0.1, 0.15) is 33.1 Å². The molecule has 1 N–H and O–H groups in total. The van der Waals surface area contributed by atoms with Crippen molar-refractivity contribution in [1.29, 1.82) is 0 Å². The fraction of sp³-hybridized carbons (Fsp3) is 0.438. The molecule has 0 aliphatic heterocycles. The summed E-state index contributed by atoms with van der Waals surface area (Å²) in [5.41, 5.74) is 1.09. The number of rotatable bonds is 8. The highest BCUT2D eigenvalue weighted by Crippen LogP contribution is 2.18. The minimum absolute atomic E-state index is 0.758. The summed E-state index contributed by atoms with van der Waals surface area (Å²) in [7, 11) is 0. The molecule has 0 bridgehead atoms. The van der Waals surface area contributed by atoms with Crippen LogP contribution in [0.5, 0.6) is 5.75 Å². The Bertz CT molecular complexity index is 505. The second-order valence-electron chi connectivity index (χ2n) is 4.74. The SMILES string of the molecule is CCCCNc1nccn1-c1ccc(OCCC)cc1. The number of hydrogen-bond acceptors (Lipinski definition) is 3. The zero-order valence-electron chi connectivity index (χ0n) is 12.3. The van der Waals surface area contributed by atoms with Gasteiger partial charge >= 0.3 is 0 Å². The van der Waals surface area contributed by atoms with Crippen LogP contribution in [0.4, 0.5) is 5.95 Å². The normalized spacial score (nSPS) is 10.5. The number of anilines is 1. The van der Waals surface area contributed by atoms with E-state index in [1.807, 2.05) is 24.5 Å². The average Bonchev–Trinajstić information content (AvgIpc) is 2.94.